The van der Waals surface area contributed by atoms with Crippen molar-refractivity contribution in [1.29, 1.82) is 0 Å². The van der Waals surface area contributed by atoms with Crippen molar-refractivity contribution in [3.8, 4) is 0 Å². The fraction of sp³-hybridized carbons (Fsp3) is 0.474. The van der Waals surface area contributed by atoms with Crippen LogP contribution in [0.15, 0.2) is 22.3 Å². The lowest BCUT2D eigenvalue weighted by Gasteiger charge is -2.48. The van der Waals surface area contributed by atoms with E-state index in [0.29, 0.717) is 5.75 Å². The summed E-state index contributed by atoms with van der Waals surface area (Å²) in [5, 5.41) is 7.52. The van der Waals surface area contributed by atoms with Crippen LogP contribution in [0.4, 0.5) is 9.93 Å². The second-order valence-electron chi connectivity index (χ2n) is 7.17. The standard InChI is InChI=1S/C19H23N5O8S2/c1-8(2)30-19(28)32-9(3)31-17(27)11-5-6-33-16-13(15(26)24(11)16)22-14(25)12(23-29-4)10-7-34-18(20)21-10/h5,7-9,13,16H,6H2,1-4H3,(H2,20,21)(H,22,25)/t9?,13?,16-/m1/s1. The first-order valence-corrected chi connectivity index (χ1v) is 11.9. The molecule has 2 unspecified atom stereocenters. The van der Waals surface area contributed by atoms with Gasteiger partial charge in [0.05, 0.1) is 6.10 Å². The summed E-state index contributed by atoms with van der Waals surface area (Å²) < 4.78 is 14.8. The summed E-state index contributed by atoms with van der Waals surface area (Å²) in [7, 11) is 1.27. The number of thioether (sulfide) groups is 1. The summed E-state index contributed by atoms with van der Waals surface area (Å²) in [5.41, 5.74) is 5.67. The predicted octanol–water partition coefficient (Wildman–Crippen LogP) is 0.810. The molecule has 1 aromatic heterocycles. The van der Waals surface area contributed by atoms with Gasteiger partial charge in [0, 0.05) is 18.1 Å². The zero-order chi connectivity index (χ0) is 25.0. The van der Waals surface area contributed by atoms with Gasteiger partial charge in [-0.3, -0.25) is 14.5 Å². The molecule has 3 atom stereocenters. The predicted molar refractivity (Wildman–Crippen MR) is 121 cm³/mol. The second-order valence-corrected chi connectivity index (χ2v) is 9.21. The summed E-state index contributed by atoms with van der Waals surface area (Å²) >= 11 is 2.47. The highest BCUT2D eigenvalue weighted by atomic mass is 32.2. The fourth-order valence-corrected chi connectivity index (χ4v) is 4.76. The van der Waals surface area contributed by atoms with Crippen LogP contribution in [-0.2, 0) is 33.4 Å². The molecule has 2 amide bonds. The smallest absolute Gasteiger partial charge is 0.431 e. The van der Waals surface area contributed by atoms with Gasteiger partial charge in [-0.2, -0.15) is 0 Å². The molecule has 1 fully saturated rings. The molecule has 0 bridgehead atoms. The van der Waals surface area contributed by atoms with E-state index in [0.717, 1.165) is 11.3 Å². The molecule has 13 nitrogen and oxygen atoms in total. The molecule has 1 saturated heterocycles. The molecule has 34 heavy (non-hydrogen) atoms. The molecule has 2 aliphatic rings. The number of rotatable bonds is 8. The highest BCUT2D eigenvalue weighted by Gasteiger charge is 2.53. The molecule has 1 aromatic rings. The zero-order valence-electron chi connectivity index (χ0n) is 18.7. The van der Waals surface area contributed by atoms with Gasteiger partial charge < -0.3 is 30.1 Å². The molecule has 0 aliphatic carbocycles. The number of hydrogen-bond acceptors (Lipinski definition) is 13. The first kappa shape index (κ1) is 25.3. The zero-order valence-corrected chi connectivity index (χ0v) is 20.3. The normalized spacial score (nSPS) is 20.5. The van der Waals surface area contributed by atoms with Crippen molar-refractivity contribution in [2.24, 2.45) is 5.16 Å². The lowest BCUT2D eigenvalue weighted by atomic mass is 10.0. The number of ether oxygens (including phenoxy) is 3. The highest BCUT2D eigenvalue weighted by molar-refractivity contribution is 8.00. The molecule has 0 saturated carbocycles. The number of nitrogen functional groups attached to an aromatic ring is 1. The van der Waals surface area contributed by atoms with E-state index in [1.54, 1.807) is 13.8 Å². The molecule has 0 spiro atoms. The largest absolute Gasteiger partial charge is 0.511 e. The lowest BCUT2D eigenvalue weighted by molar-refractivity contribution is -0.169. The van der Waals surface area contributed by atoms with Crippen molar-refractivity contribution in [3.05, 3.63) is 22.8 Å². The van der Waals surface area contributed by atoms with Gasteiger partial charge in [-0.15, -0.1) is 23.1 Å². The number of esters is 1. The van der Waals surface area contributed by atoms with E-state index in [-0.39, 0.29) is 22.2 Å². The molecule has 15 heteroatoms. The van der Waals surface area contributed by atoms with Crippen molar-refractivity contribution < 1.29 is 38.2 Å². The number of amides is 2. The SMILES string of the molecule is CON=C(C(=O)NC1C(=O)N2C(C(=O)OC(C)OC(=O)OC(C)C)=CCS[C@H]12)c1csc(N)n1. The second kappa shape index (κ2) is 10.7. The van der Waals surface area contributed by atoms with Crippen LogP contribution in [0.2, 0.25) is 0 Å². The summed E-state index contributed by atoms with van der Waals surface area (Å²) in [6, 6.07) is -0.915. The average Bonchev–Trinajstić information content (AvgIpc) is 3.19. The summed E-state index contributed by atoms with van der Waals surface area (Å²) in [6.45, 7) is 4.63. The molecule has 3 heterocycles. The summed E-state index contributed by atoms with van der Waals surface area (Å²) in [4.78, 5) is 59.7. The van der Waals surface area contributed by atoms with Crippen molar-refractivity contribution in [1.82, 2.24) is 15.2 Å². The van der Waals surface area contributed by atoms with Crippen LogP contribution >= 0.6 is 23.1 Å². The van der Waals surface area contributed by atoms with Crippen LogP contribution in [0.1, 0.15) is 26.5 Å². The van der Waals surface area contributed by atoms with Crippen LogP contribution < -0.4 is 11.1 Å². The number of nitrogens with one attached hydrogen (secondary N) is 1. The van der Waals surface area contributed by atoms with Gasteiger partial charge in [0.1, 0.15) is 29.9 Å². The maximum absolute atomic E-state index is 12.8. The molecule has 3 N–H and O–H groups in total. The van der Waals surface area contributed by atoms with Gasteiger partial charge in [-0.1, -0.05) is 5.16 Å². The number of carbonyl (C=O) groups is 4. The van der Waals surface area contributed by atoms with E-state index < -0.39 is 47.7 Å². The fourth-order valence-electron chi connectivity index (χ4n) is 3.02. The van der Waals surface area contributed by atoms with E-state index in [9.17, 15) is 19.2 Å². The Kier molecular flexibility index (Phi) is 7.98. The number of carbonyl (C=O) groups excluding carboxylic acids is 4. The van der Waals surface area contributed by atoms with Gasteiger partial charge in [-0.25, -0.2) is 14.6 Å². The Balaban J connectivity index is 1.62. The maximum atomic E-state index is 12.8. The van der Waals surface area contributed by atoms with Gasteiger partial charge in [0.15, 0.2) is 10.8 Å². The minimum absolute atomic E-state index is 0.00928. The monoisotopic (exact) mass is 513 g/mol. The molecule has 184 valence electrons. The van der Waals surface area contributed by atoms with E-state index in [4.69, 9.17) is 24.8 Å². The Morgan fingerprint density at radius 3 is 2.62 bits per heavy atom. The third-order valence-corrected chi connectivity index (χ3v) is 6.23. The Labute approximate surface area is 202 Å². The highest BCUT2D eigenvalue weighted by Crippen LogP contribution is 2.38. The summed E-state index contributed by atoms with van der Waals surface area (Å²) in [6.07, 6.45) is -1.10. The number of oxime groups is 1. The minimum atomic E-state index is -1.24. The van der Waals surface area contributed by atoms with Crippen molar-refractivity contribution in [3.63, 3.8) is 0 Å². The van der Waals surface area contributed by atoms with E-state index in [1.165, 1.54) is 42.2 Å². The average molecular weight is 514 g/mol. The summed E-state index contributed by atoms with van der Waals surface area (Å²) in [5.74, 6) is -1.67. The van der Waals surface area contributed by atoms with Crippen LogP contribution in [0, 0.1) is 0 Å². The number of anilines is 1. The van der Waals surface area contributed by atoms with Crippen molar-refractivity contribution in [2.45, 2.75) is 44.6 Å². The van der Waals surface area contributed by atoms with Crippen LogP contribution in [0.5, 0.6) is 0 Å². The van der Waals surface area contributed by atoms with Crippen molar-refractivity contribution >= 4 is 57.9 Å². The molecular formula is C19H23N5O8S2. The number of nitrogens with zero attached hydrogens (tertiary/aromatic N) is 3. The van der Waals surface area contributed by atoms with Gasteiger partial charge >= 0.3 is 12.1 Å². The van der Waals surface area contributed by atoms with Gasteiger partial charge in [0.2, 0.25) is 6.29 Å². The van der Waals surface area contributed by atoms with Crippen LogP contribution in [0.3, 0.4) is 0 Å². The topological polar surface area (TPSA) is 172 Å². The molecule has 2 aliphatic heterocycles. The third-order valence-electron chi connectivity index (χ3n) is 4.37. The number of fused-ring (bicyclic) bond motifs is 1. The quantitative estimate of drug-likeness (QED) is 0.166. The molecule has 3 rings (SSSR count). The first-order chi connectivity index (χ1) is 16.1. The Morgan fingerprint density at radius 2 is 2.00 bits per heavy atom. The number of aromatic nitrogens is 1. The third kappa shape index (κ3) is 5.59. The first-order valence-electron chi connectivity index (χ1n) is 9.98. The molecule has 0 aromatic carbocycles. The van der Waals surface area contributed by atoms with Crippen molar-refractivity contribution in [2.75, 3.05) is 18.6 Å². The van der Waals surface area contributed by atoms with Gasteiger partial charge in [-0.05, 0) is 19.9 Å². The Hall–Kier alpha value is -3.33. The lowest BCUT2D eigenvalue weighted by Crippen LogP contribution is -2.70. The van der Waals surface area contributed by atoms with E-state index in [2.05, 4.69) is 15.5 Å². The van der Waals surface area contributed by atoms with Crippen LogP contribution in [0.25, 0.3) is 0 Å². The van der Waals surface area contributed by atoms with Crippen LogP contribution in [-0.4, -0.2) is 76.2 Å². The maximum Gasteiger partial charge on any atom is 0.511 e. The number of thiazole rings is 1. The van der Waals surface area contributed by atoms with E-state index in [1.807, 2.05) is 0 Å². The number of hydrogen-bond donors (Lipinski definition) is 2. The van der Waals surface area contributed by atoms with Gasteiger partial charge in [0.25, 0.3) is 11.8 Å². The molecular weight excluding hydrogens is 490 g/mol. The number of nitrogens with two attached hydrogens (primary N) is 1. The Bertz CT molecular complexity index is 1040. The number of β-lactam (4-membered cyclic amide) rings is 1. The van der Waals surface area contributed by atoms with E-state index >= 15 is 0 Å². The minimum Gasteiger partial charge on any atom is -0.431 e. The Morgan fingerprint density at radius 1 is 1.26 bits per heavy atom. The molecule has 0 radical (unpaired) electrons.